The zero-order valence-electron chi connectivity index (χ0n) is 14.6. The van der Waals surface area contributed by atoms with Crippen LogP contribution in [0.25, 0.3) is 11.4 Å². The number of halogens is 3. The van der Waals surface area contributed by atoms with Crippen molar-refractivity contribution in [2.75, 3.05) is 10.6 Å². The van der Waals surface area contributed by atoms with Crippen LogP contribution in [0, 0.1) is 0 Å². The zero-order chi connectivity index (χ0) is 20.6. The Morgan fingerprint density at radius 3 is 2.72 bits per heavy atom. The van der Waals surface area contributed by atoms with Crippen LogP contribution >= 0.6 is 0 Å². The van der Waals surface area contributed by atoms with Crippen LogP contribution in [0.1, 0.15) is 18.0 Å². The summed E-state index contributed by atoms with van der Waals surface area (Å²) in [6.45, 7) is 0. The summed E-state index contributed by atoms with van der Waals surface area (Å²) in [6, 6.07) is 6.83. The second kappa shape index (κ2) is 7.00. The highest BCUT2D eigenvalue weighted by molar-refractivity contribution is 6.01. The summed E-state index contributed by atoms with van der Waals surface area (Å²) < 4.78 is 40.7. The number of nitrogens with one attached hydrogen (secondary N) is 2. The van der Waals surface area contributed by atoms with Gasteiger partial charge in [-0.15, -0.1) is 5.10 Å². The molecule has 0 spiro atoms. The Hall–Kier alpha value is -3.76. The van der Waals surface area contributed by atoms with Gasteiger partial charge in [0.2, 0.25) is 17.8 Å². The fourth-order valence-electron chi connectivity index (χ4n) is 2.94. The van der Waals surface area contributed by atoms with Crippen molar-refractivity contribution < 1.29 is 22.8 Å². The van der Waals surface area contributed by atoms with Gasteiger partial charge in [-0.1, -0.05) is 12.1 Å². The zero-order valence-corrected chi connectivity index (χ0v) is 14.6. The largest absolute Gasteiger partial charge is 0.418 e. The van der Waals surface area contributed by atoms with Crippen LogP contribution in [-0.4, -0.2) is 31.6 Å². The van der Waals surface area contributed by atoms with Crippen LogP contribution in [0.5, 0.6) is 0 Å². The molecule has 0 radical (unpaired) electrons. The van der Waals surface area contributed by atoms with Crippen molar-refractivity contribution in [2.24, 2.45) is 0 Å². The number of carbonyl (C=O) groups is 2. The van der Waals surface area contributed by atoms with Gasteiger partial charge in [0.1, 0.15) is 6.04 Å². The number of amides is 2. The number of carbonyl (C=O) groups excluding carboxylic acids is 2. The number of pyridine rings is 1. The highest BCUT2D eigenvalue weighted by Crippen LogP contribution is 2.35. The third-order valence-corrected chi connectivity index (χ3v) is 4.27. The molecule has 0 fully saturated rings. The van der Waals surface area contributed by atoms with Crippen LogP contribution in [0.4, 0.5) is 24.8 Å². The first-order chi connectivity index (χ1) is 13.8. The van der Waals surface area contributed by atoms with E-state index in [0.29, 0.717) is 5.56 Å². The molecule has 3 aromatic rings. The minimum Gasteiger partial charge on any atom is -0.324 e. The molecule has 0 unspecified atom stereocenters. The molecular weight excluding hydrogens is 389 g/mol. The molecule has 1 aliphatic rings. The number of benzene rings is 1. The number of fused-ring (bicyclic) bond motifs is 1. The standard InChI is InChI=1S/C18H13F3N6O2/c19-18(20,21)11-5-1-2-6-12(11)23-16(29)13-8-14(28)24-17-25-15(26-27(13)17)10-4-3-7-22-9-10/h1-7,9,13H,8H2,(H,23,29)(H,24,25,26,28)/t13-/m1/s1. The third kappa shape index (κ3) is 3.66. The Balaban J connectivity index is 1.66. The first kappa shape index (κ1) is 18.6. The molecule has 1 atom stereocenters. The number of hydrogen-bond acceptors (Lipinski definition) is 5. The van der Waals surface area contributed by atoms with Gasteiger partial charge in [-0.2, -0.15) is 18.2 Å². The van der Waals surface area contributed by atoms with Gasteiger partial charge in [0.05, 0.1) is 17.7 Å². The molecule has 3 heterocycles. The summed E-state index contributed by atoms with van der Waals surface area (Å²) in [6.07, 6.45) is -1.85. The van der Waals surface area contributed by atoms with Crippen molar-refractivity contribution in [1.29, 1.82) is 0 Å². The van der Waals surface area contributed by atoms with Crippen LogP contribution < -0.4 is 10.6 Å². The molecule has 0 saturated carbocycles. The molecule has 29 heavy (non-hydrogen) atoms. The fraction of sp³-hybridized carbons (Fsp3) is 0.167. The van der Waals surface area contributed by atoms with E-state index in [-0.39, 0.29) is 18.2 Å². The maximum Gasteiger partial charge on any atom is 0.418 e. The first-order valence-corrected chi connectivity index (χ1v) is 8.47. The van der Waals surface area contributed by atoms with Crippen molar-refractivity contribution >= 4 is 23.5 Å². The normalized spacial score (nSPS) is 16.1. The van der Waals surface area contributed by atoms with Gasteiger partial charge in [-0.25, -0.2) is 4.68 Å². The summed E-state index contributed by atoms with van der Waals surface area (Å²) >= 11 is 0. The van der Waals surface area contributed by atoms with E-state index in [0.717, 1.165) is 12.1 Å². The summed E-state index contributed by atoms with van der Waals surface area (Å²) in [4.78, 5) is 32.9. The van der Waals surface area contributed by atoms with E-state index < -0.39 is 35.3 Å². The molecule has 11 heteroatoms. The van der Waals surface area contributed by atoms with Crippen molar-refractivity contribution in [2.45, 2.75) is 18.6 Å². The Kier molecular flexibility index (Phi) is 4.49. The Labute approximate surface area is 161 Å². The first-order valence-electron chi connectivity index (χ1n) is 8.47. The monoisotopic (exact) mass is 402 g/mol. The summed E-state index contributed by atoms with van der Waals surface area (Å²) in [5, 5.41) is 9.00. The van der Waals surface area contributed by atoms with Crippen molar-refractivity contribution in [3.05, 3.63) is 54.4 Å². The average Bonchev–Trinajstić information content (AvgIpc) is 3.11. The summed E-state index contributed by atoms with van der Waals surface area (Å²) in [5.41, 5.74) is -0.821. The van der Waals surface area contributed by atoms with Gasteiger partial charge in [0.15, 0.2) is 5.82 Å². The smallest absolute Gasteiger partial charge is 0.324 e. The number of alkyl halides is 3. The number of anilines is 2. The molecule has 8 nitrogen and oxygen atoms in total. The summed E-state index contributed by atoms with van der Waals surface area (Å²) in [5.74, 6) is -1.04. The fourth-order valence-corrected chi connectivity index (χ4v) is 2.94. The molecular formula is C18H13F3N6O2. The maximum absolute atomic E-state index is 13.2. The van der Waals surface area contributed by atoms with Crippen LogP contribution in [0.3, 0.4) is 0 Å². The SMILES string of the molecule is O=C1C[C@H](C(=O)Nc2ccccc2C(F)(F)F)n2nc(-c3cccnc3)nc2N1. The Bertz CT molecular complexity index is 1080. The van der Waals surface area contributed by atoms with Gasteiger partial charge in [-0.3, -0.25) is 19.9 Å². The number of rotatable bonds is 3. The second-order valence-electron chi connectivity index (χ2n) is 6.25. The van der Waals surface area contributed by atoms with Gasteiger partial charge in [0.25, 0.3) is 0 Å². The van der Waals surface area contributed by atoms with Crippen LogP contribution in [0.2, 0.25) is 0 Å². The van der Waals surface area contributed by atoms with E-state index in [2.05, 4.69) is 25.7 Å². The van der Waals surface area contributed by atoms with E-state index >= 15 is 0 Å². The molecule has 4 rings (SSSR count). The molecule has 0 saturated heterocycles. The number of para-hydroxylation sites is 1. The molecule has 2 aromatic heterocycles. The number of aromatic nitrogens is 4. The van der Waals surface area contributed by atoms with Gasteiger partial charge < -0.3 is 5.32 Å². The predicted molar refractivity (Wildman–Crippen MR) is 95.6 cm³/mol. The lowest BCUT2D eigenvalue weighted by Gasteiger charge is -2.23. The van der Waals surface area contributed by atoms with Crippen molar-refractivity contribution in [3.8, 4) is 11.4 Å². The van der Waals surface area contributed by atoms with Crippen molar-refractivity contribution in [3.63, 3.8) is 0 Å². The van der Waals surface area contributed by atoms with Crippen LogP contribution in [-0.2, 0) is 15.8 Å². The third-order valence-electron chi connectivity index (χ3n) is 4.27. The number of nitrogens with zero attached hydrogens (tertiary/aromatic N) is 4. The highest BCUT2D eigenvalue weighted by Gasteiger charge is 2.36. The minimum atomic E-state index is -4.64. The molecule has 2 N–H and O–H groups in total. The molecule has 1 aromatic carbocycles. The van der Waals surface area contributed by atoms with Gasteiger partial charge >= 0.3 is 6.18 Å². The lowest BCUT2D eigenvalue weighted by Crippen LogP contribution is -2.36. The maximum atomic E-state index is 13.2. The van der Waals surface area contributed by atoms with Gasteiger partial charge in [0, 0.05) is 18.0 Å². The topological polar surface area (TPSA) is 102 Å². The van der Waals surface area contributed by atoms with Gasteiger partial charge in [-0.05, 0) is 24.3 Å². The second-order valence-corrected chi connectivity index (χ2v) is 6.25. The lowest BCUT2D eigenvalue weighted by atomic mass is 10.1. The van der Waals surface area contributed by atoms with E-state index in [9.17, 15) is 22.8 Å². The summed E-state index contributed by atoms with van der Waals surface area (Å²) in [7, 11) is 0. The van der Waals surface area contributed by atoms with E-state index in [1.54, 1.807) is 18.3 Å². The van der Waals surface area contributed by atoms with E-state index in [4.69, 9.17) is 0 Å². The molecule has 0 bridgehead atoms. The Morgan fingerprint density at radius 2 is 2.00 bits per heavy atom. The highest BCUT2D eigenvalue weighted by atomic mass is 19.4. The van der Waals surface area contributed by atoms with E-state index in [1.807, 2.05) is 0 Å². The minimum absolute atomic E-state index is 0.0318. The predicted octanol–water partition coefficient (Wildman–Crippen LogP) is 2.88. The molecule has 148 valence electrons. The number of hydrogen-bond donors (Lipinski definition) is 2. The molecule has 2 amide bonds. The Morgan fingerprint density at radius 1 is 1.21 bits per heavy atom. The molecule has 1 aliphatic heterocycles. The van der Waals surface area contributed by atoms with Crippen molar-refractivity contribution in [1.82, 2.24) is 19.7 Å². The van der Waals surface area contributed by atoms with E-state index in [1.165, 1.54) is 23.0 Å². The molecule has 0 aliphatic carbocycles. The quantitative estimate of drug-likeness (QED) is 0.702. The average molecular weight is 402 g/mol. The lowest BCUT2D eigenvalue weighted by molar-refractivity contribution is -0.137. The van der Waals surface area contributed by atoms with Crippen LogP contribution in [0.15, 0.2) is 48.8 Å².